The van der Waals surface area contributed by atoms with Crippen molar-refractivity contribution in [2.75, 3.05) is 13.1 Å². The van der Waals surface area contributed by atoms with Crippen LogP contribution in [0.2, 0.25) is 0 Å². The zero-order chi connectivity index (χ0) is 16.2. The zero-order valence-electron chi connectivity index (χ0n) is 13.3. The van der Waals surface area contributed by atoms with E-state index < -0.39 is 0 Å². The molecule has 0 amide bonds. The summed E-state index contributed by atoms with van der Waals surface area (Å²) in [4.78, 5) is 7.08. The molecule has 120 valence electrons. The van der Waals surface area contributed by atoms with Crippen LogP contribution in [0, 0.1) is 0 Å². The molecule has 1 aliphatic rings. The van der Waals surface area contributed by atoms with Crippen molar-refractivity contribution in [1.82, 2.24) is 30.5 Å². The first-order chi connectivity index (χ1) is 11.9. The van der Waals surface area contributed by atoms with Crippen molar-refractivity contribution in [3.8, 4) is 11.5 Å². The van der Waals surface area contributed by atoms with Gasteiger partial charge < -0.3 is 0 Å². The van der Waals surface area contributed by atoms with Crippen LogP contribution >= 0.6 is 0 Å². The van der Waals surface area contributed by atoms with Gasteiger partial charge in [0, 0.05) is 19.6 Å². The monoisotopic (exact) mass is 318 g/mol. The lowest BCUT2D eigenvalue weighted by Crippen LogP contribution is -2.29. The van der Waals surface area contributed by atoms with E-state index in [4.69, 9.17) is 0 Å². The Morgan fingerprint density at radius 3 is 2.79 bits per heavy atom. The fraction of sp³-hybridized carbons (Fsp3) is 0.222. The van der Waals surface area contributed by atoms with Crippen molar-refractivity contribution < 1.29 is 0 Å². The molecule has 3 heterocycles. The second kappa shape index (κ2) is 6.72. The smallest absolute Gasteiger partial charge is 0.222 e. The minimum Gasteiger partial charge on any atom is -0.293 e. The summed E-state index contributed by atoms with van der Waals surface area (Å²) in [6.45, 7) is 2.80. The van der Waals surface area contributed by atoms with E-state index in [9.17, 15) is 0 Å². The minimum atomic E-state index is 0.528. The van der Waals surface area contributed by atoms with Crippen LogP contribution in [-0.4, -0.2) is 43.6 Å². The van der Waals surface area contributed by atoms with E-state index in [1.54, 1.807) is 0 Å². The zero-order valence-corrected chi connectivity index (χ0v) is 13.3. The van der Waals surface area contributed by atoms with Crippen molar-refractivity contribution >= 4 is 5.57 Å². The van der Waals surface area contributed by atoms with E-state index in [0.717, 1.165) is 37.4 Å². The Balaban J connectivity index is 1.48. The van der Waals surface area contributed by atoms with Gasteiger partial charge >= 0.3 is 0 Å². The van der Waals surface area contributed by atoms with E-state index in [1.807, 2.05) is 18.2 Å². The molecule has 0 atom stereocenters. The van der Waals surface area contributed by atoms with Crippen molar-refractivity contribution in [1.29, 1.82) is 0 Å². The largest absolute Gasteiger partial charge is 0.293 e. The van der Waals surface area contributed by atoms with Gasteiger partial charge in [0.2, 0.25) is 5.82 Å². The molecule has 0 fully saturated rings. The Morgan fingerprint density at radius 1 is 1.04 bits per heavy atom. The molecule has 6 heteroatoms. The first kappa shape index (κ1) is 14.7. The topological polar surface area (TPSA) is 70.6 Å². The molecule has 0 unspecified atom stereocenters. The van der Waals surface area contributed by atoms with Crippen molar-refractivity contribution in [3.63, 3.8) is 0 Å². The first-order valence-electron chi connectivity index (χ1n) is 8.05. The van der Waals surface area contributed by atoms with Gasteiger partial charge in [-0.3, -0.25) is 4.90 Å². The molecule has 4 rings (SSSR count). The van der Waals surface area contributed by atoms with Crippen LogP contribution in [-0.2, 0) is 6.54 Å². The molecule has 1 aliphatic heterocycles. The molecule has 0 radical (unpaired) electrons. The quantitative estimate of drug-likeness (QED) is 0.800. The number of hydrogen-bond acceptors (Lipinski definition) is 5. The normalized spacial score (nSPS) is 15.2. The molecule has 1 aromatic carbocycles. The molecule has 0 spiro atoms. The average molecular weight is 318 g/mol. The van der Waals surface area contributed by atoms with Gasteiger partial charge in [0.1, 0.15) is 5.69 Å². The van der Waals surface area contributed by atoms with E-state index in [0.29, 0.717) is 5.82 Å². The maximum Gasteiger partial charge on any atom is 0.222 e. The highest BCUT2D eigenvalue weighted by Gasteiger charge is 2.15. The molecule has 0 saturated heterocycles. The van der Waals surface area contributed by atoms with Gasteiger partial charge in [0.15, 0.2) is 0 Å². The predicted octanol–water partition coefficient (Wildman–Crippen LogP) is 2.55. The molecule has 24 heavy (non-hydrogen) atoms. The Kier molecular flexibility index (Phi) is 4.12. The second-order valence-electron chi connectivity index (χ2n) is 5.84. The predicted molar refractivity (Wildman–Crippen MR) is 91.7 cm³/mol. The van der Waals surface area contributed by atoms with Crippen LogP contribution in [0.25, 0.3) is 17.1 Å². The summed E-state index contributed by atoms with van der Waals surface area (Å²) in [5.41, 5.74) is 4.45. The maximum absolute atomic E-state index is 4.66. The number of aromatic amines is 1. The van der Waals surface area contributed by atoms with Gasteiger partial charge in [-0.2, -0.15) is 5.21 Å². The maximum atomic E-state index is 4.66. The summed E-state index contributed by atoms with van der Waals surface area (Å²) in [6.07, 6.45) is 3.41. The van der Waals surface area contributed by atoms with Gasteiger partial charge in [0.25, 0.3) is 0 Å². The molecule has 0 saturated carbocycles. The number of nitrogens with one attached hydrogen (secondary N) is 1. The fourth-order valence-corrected chi connectivity index (χ4v) is 2.99. The Hall–Kier alpha value is -2.86. The van der Waals surface area contributed by atoms with Crippen LogP contribution in [0.15, 0.2) is 54.6 Å². The van der Waals surface area contributed by atoms with Crippen LogP contribution in [0.5, 0.6) is 0 Å². The lowest BCUT2D eigenvalue weighted by molar-refractivity contribution is 0.293. The van der Waals surface area contributed by atoms with Gasteiger partial charge in [0.05, 0.1) is 5.69 Å². The highest BCUT2D eigenvalue weighted by Crippen LogP contribution is 2.22. The Labute approximate surface area is 140 Å². The van der Waals surface area contributed by atoms with E-state index in [1.165, 1.54) is 11.1 Å². The van der Waals surface area contributed by atoms with Gasteiger partial charge in [-0.15, -0.1) is 10.2 Å². The summed E-state index contributed by atoms with van der Waals surface area (Å²) < 4.78 is 0. The van der Waals surface area contributed by atoms with E-state index >= 15 is 0 Å². The first-order valence-corrected chi connectivity index (χ1v) is 8.05. The van der Waals surface area contributed by atoms with E-state index in [-0.39, 0.29) is 0 Å². The number of nitrogens with zero attached hydrogens (tertiary/aromatic N) is 5. The molecule has 0 aliphatic carbocycles. The van der Waals surface area contributed by atoms with Gasteiger partial charge in [-0.05, 0) is 34.9 Å². The molecule has 0 bridgehead atoms. The average Bonchev–Trinajstić information content (AvgIpc) is 3.18. The molecular weight excluding hydrogens is 300 g/mol. The van der Waals surface area contributed by atoms with Crippen molar-refractivity contribution in [3.05, 3.63) is 65.9 Å². The standard InChI is InChI=1S/C18H18N6/c1-2-6-14(7-3-1)15-8-5-11-24(12-15)13-16-9-4-10-17(19-16)18-20-22-23-21-18/h1-4,6-10H,5,11-13H2,(H,20,21,22,23). The Bertz CT molecular complexity index is 826. The third-order valence-corrected chi connectivity index (χ3v) is 4.14. The number of rotatable bonds is 4. The number of H-pyrrole nitrogens is 1. The lowest BCUT2D eigenvalue weighted by Gasteiger charge is -2.27. The number of benzene rings is 1. The Morgan fingerprint density at radius 2 is 1.96 bits per heavy atom. The van der Waals surface area contributed by atoms with Crippen LogP contribution in [0.3, 0.4) is 0 Å². The second-order valence-corrected chi connectivity index (χ2v) is 5.84. The summed E-state index contributed by atoms with van der Waals surface area (Å²) in [5.74, 6) is 0.528. The van der Waals surface area contributed by atoms with Crippen molar-refractivity contribution in [2.45, 2.75) is 13.0 Å². The number of tetrazole rings is 1. The molecular formula is C18H18N6. The summed E-state index contributed by atoms with van der Waals surface area (Å²) in [6, 6.07) is 16.5. The lowest BCUT2D eigenvalue weighted by atomic mass is 10.0. The SMILES string of the molecule is C1=C(c2ccccc2)CN(Cc2cccc(-c3nn[nH]n3)n2)CC1. The fourth-order valence-electron chi connectivity index (χ4n) is 2.99. The molecule has 1 N–H and O–H groups in total. The van der Waals surface area contributed by atoms with Crippen LogP contribution in [0.1, 0.15) is 17.7 Å². The third kappa shape index (κ3) is 3.23. The number of hydrogen-bond donors (Lipinski definition) is 1. The number of aromatic nitrogens is 5. The summed E-state index contributed by atoms with van der Waals surface area (Å²) >= 11 is 0. The minimum absolute atomic E-state index is 0.528. The van der Waals surface area contributed by atoms with Crippen molar-refractivity contribution in [2.24, 2.45) is 0 Å². The van der Waals surface area contributed by atoms with Crippen LogP contribution < -0.4 is 0 Å². The van der Waals surface area contributed by atoms with Gasteiger partial charge in [-0.25, -0.2) is 4.98 Å². The molecule has 3 aromatic rings. The summed E-state index contributed by atoms with van der Waals surface area (Å²) in [7, 11) is 0. The third-order valence-electron chi connectivity index (χ3n) is 4.14. The molecule has 2 aromatic heterocycles. The van der Waals surface area contributed by atoms with Gasteiger partial charge in [-0.1, -0.05) is 42.5 Å². The highest BCUT2D eigenvalue weighted by atomic mass is 15.5. The molecule has 6 nitrogen and oxygen atoms in total. The number of pyridine rings is 1. The van der Waals surface area contributed by atoms with E-state index in [2.05, 4.69) is 66.9 Å². The van der Waals surface area contributed by atoms with Crippen LogP contribution in [0.4, 0.5) is 0 Å². The highest BCUT2D eigenvalue weighted by molar-refractivity contribution is 5.67. The summed E-state index contributed by atoms with van der Waals surface area (Å²) in [5, 5.41) is 14.0.